The first-order valence-electron chi connectivity index (χ1n) is 6.43. The van der Waals surface area contributed by atoms with E-state index in [9.17, 15) is 14.7 Å². The third kappa shape index (κ3) is 3.22. The second-order valence-corrected chi connectivity index (χ2v) is 5.08. The summed E-state index contributed by atoms with van der Waals surface area (Å²) < 4.78 is 0. The number of carbonyl (C=O) groups is 2. The van der Waals surface area contributed by atoms with Gasteiger partial charge in [0.05, 0.1) is 16.0 Å². The summed E-state index contributed by atoms with van der Waals surface area (Å²) in [5.74, 6) is -1.51. The van der Waals surface area contributed by atoms with Crippen molar-refractivity contribution in [1.29, 1.82) is 0 Å². The summed E-state index contributed by atoms with van der Waals surface area (Å²) in [6, 6.07) is 4.90. The fourth-order valence-corrected chi connectivity index (χ4v) is 2.33. The number of aliphatic carboxylic acids is 1. The molecule has 0 spiro atoms. The predicted molar refractivity (Wildman–Crippen MR) is 79.1 cm³/mol. The highest BCUT2D eigenvalue weighted by Crippen LogP contribution is 2.29. The van der Waals surface area contributed by atoms with Crippen LogP contribution in [0.4, 0.5) is 5.69 Å². The first-order valence-corrected chi connectivity index (χ1v) is 6.81. The molecule has 110 valence electrons. The van der Waals surface area contributed by atoms with Crippen molar-refractivity contribution >= 4 is 29.2 Å². The standard InChI is InChI=1S/C14H19ClN2O3/c1-3-14(4-2,13(19)20)8-17-10-7-5-6-9(15)11(10)12(16)18/h5-7,17H,3-4,8H2,1-2H3,(H2,16,18)(H,19,20). The van der Waals surface area contributed by atoms with E-state index in [4.69, 9.17) is 17.3 Å². The van der Waals surface area contributed by atoms with Gasteiger partial charge in [-0.3, -0.25) is 9.59 Å². The number of hydrogen-bond acceptors (Lipinski definition) is 3. The topological polar surface area (TPSA) is 92.4 Å². The maximum Gasteiger partial charge on any atom is 0.311 e. The zero-order valence-electron chi connectivity index (χ0n) is 11.6. The fourth-order valence-electron chi connectivity index (χ4n) is 2.06. The van der Waals surface area contributed by atoms with E-state index in [1.165, 1.54) is 0 Å². The Hall–Kier alpha value is -1.75. The molecule has 0 aliphatic heterocycles. The van der Waals surface area contributed by atoms with E-state index >= 15 is 0 Å². The number of benzene rings is 1. The Kier molecular flexibility index (Phi) is 5.39. The summed E-state index contributed by atoms with van der Waals surface area (Å²) in [4.78, 5) is 22.9. The average Bonchev–Trinajstić information content (AvgIpc) is 2.39. The van der Waals surface area contributed by atoms with Crippen molar-refractivity contribution in [2.24, 2.45) is 11.1 Å². The molecule has 0 atom stereocenters. The van der Waals surface area contributed by atoms with E-state index in [1.807, 2.05) is 13.8 Å². The Labute approximate surface area is 123 Å². The molecular formula is C14H19ClN2O3. The van der Waals surface area contributed by atoms with Crippen LogP contribution in [0.5, 0.6) is 0 Å². The van der Waals surface area contributed by atoms with Crippen LogP contribution in [0.25, 0.3) is 0 Å². The average molecular weight is 299 g/mol. The molecule has 5 nitrogen and oxygen atoms in total. The van der Waals surface area contributed by atoms with Crippen molar-refractivity contribution in [1.82, 2.24) is 0 Å². The van der Waals surface area contributed by atoms with Crippen molar-refractivity contribution in [2.75, 3.05) is 11.9 Å². The highest BCUT2D eigenvalue weighted by molar-refractivity contribution is 6.34. The summed E-state index contributed by atoms with van der Waals surface area (Å²) in [7, 11) is 0. The lowest BCUT2D eigenvalue weighted by molar-refractivity contribution is -0.148. The molecule has 0 fully saturated rings. The zero-order valence-corrected chi connectivity index (χ0v) is 12.3. The van der Waals surface area contributed by atoms with Gasteiger partial charge in [0.1, 0.15) is 0 Å². The van der Waals surface area contributed by atoms with E-state index in [-0.39, 0.29) is 17.1 Å². The molecule has 0 aliphatic carbocycles. The molecule has 4 N–H and O–H groups in total. The predicted octanol–water partition coefficient (Wildman–Crippen LogP) is 2.74. The third-order valence-corrected chi connectivity index (χ3v) is 4.00. The Morgan fingerprint density at radius 3 is 2.40 bits per heavy atom. The zero-order chi connectivity index (χ0) is 15.3. The number of primary amides is 1. The second-order valence-electron chi connectivity index (χ2n) is 4.67. The van der Waals surface area contributed by atoms with Gasteiger partial charge in [-0.25, -0.2) is 0 Å². The van der Waals surface area contributed by atoms with E-state index in [0.29, 0.717) is 18.5 Å². The highest BCUT2D eigenvalue weighted by Gasteiger charge is 2.34. The first-order chi connectivity index (χ1) is 9.38. The normalized spacial score (nSPS) is 11.2. The number of carboxylic acids is 1. The van der Waals surface area contributed by atoms with Crippen molar-refractivity contribution in [3.8, 4) is 0 Å². The Bertz CT molecular complexity index is 513. The van der Waals surface area contributed by atoms with Crippen molar-refractivity contribution in [3.63, 3.8) is 0 Å². The van der Waals surface area contributed by atoms with Crippen LogP contribution in [0.1, 0.15) is 37.0 Å². The molecule has 1 rings (SSSR count). The number of carboxylic acid groups (broad SMARTS) is 1. The van der Waals surface area contributed by atoms with Crippen LogP contribution in [0.2, 0.25) is 5.02 Å². The van der Waals surface area contributed by atoms with Gasteiger partial charge in [-0.1, -0.05) is 31.5 Å². The molecule has 0 saturated heterocycles. The molecule has 20 heavy (non-hydrogen) atoms. The molecule has 0 bridgehead atoms. The molecule has 0 aliphatic rings. The number of nitrogens with one attached hydrogen (secondary N) is 1. The minimum Gasteiger partial charge on any atom is -0.481 e. The minimum atomic E-state index is -0.878. The fraction of sp³-hybridized carbons (Fsp3) is 0.429. The van der Waals surface area contributed by atoms with Crippen LogP contribution in [0.15, 0.2) is 18.2 Å². The first kappa shape index (κ1) is 16.3. The van der Waals surface area contributed by atoms with Gasteiger partial charge in [-0.2, -0.15) is 0 Å². The summed E-state index contributed by atoms with van der Waals surface area (Å²) in [6.45, 7) is 3.86. The van der Waals surface area contributed by atoms with Crippen molar-refractivity contribution < 1.29 is 14.7 Å². The van der Waals surface area contributed by atoms with Crippen LogP contribution in [-0.2, 0) is 4.79 Å². The van der Waals surface area contributed by atoms with Crippen LogP contribution < -0.4 is 11.1 Å². The number of anilines is 1. The molecule has 0 heterocycles. The molecule has 1 aromatic rings. The van der Waals surface area contributed by atoms with E-state index in [2.05, 4.69) is 5.32 Å². The lowest BCUT2D eigenvalue weighted by Gasteiger charge is -2.27. The van der Waals surface area contributed by atoms with Gasteiger partial charge in [0.15, 0.2) is 0 Å². The van der Waals surface area contributed by atoms with Gasteiger partial charge in [-0.15, -0.1) is 0 Å². The monoisotopic (exact) mass is 298 g/mol. The third-order valence-electron chi connectivity index (χ3n) is 3.68. The van der Waals surface area contributed by atoms with Crippen molar-refractivity contribution in [3.05, 3.63) is 28.8 Å². The van der Waals surface area contributed by atoms with Crippen LogP contribution >= 0.6 is 11.6 Å². The van der Waals surface area contributed by atoms with Gasteiger partial charge in [-0.05, 0) is 25.0 Å². The lowest BCUT2D eigenvalue weighted by atomic mass is 9.82. The molecular weight excluding hydrogens is 280 g/mol. The second kappa shape index (κ2) is 6.61. The van der Waals surface area contributed by atoms with E-state index in [1.54, 1.807) is 18.2 Å². The van der Waals surface area contributed by atoms with Gasteiger partial charge >= 0.3 is 5.97 Å². The molecule has 0 aromatic heterocycles. The number of hydrogen-bond donors (Lipinski definition) is 3. The Balaban J connectivity index is 3.03. The molecule has 6 heteroatoms. The number of carbonyl (C=O) groups excluding carboxylic acids is 1. The number of amides is 1. The SMILES string of the molecule is CCC(CC)(CNc1cccc(Cl)c1C(N)=O)C(=O)O. The van der Waals surface area contributed by atoms with Crippen LogP contribution in [-0.4, -0.2) is 23.5 Å². The quantitative estimate of drug-likeness (QED) is 0.721. The summed E-state index contributed by atoms with van der Waals surface area (Å²) in [5.41, 5.74) is 5.06. The maximum atomic E-state index is 11.4. The van der Waals surface area contributed by atoms with Crippen LogP contribution in [0.3, 0.4) is 0 Å². The largest absolute Gasteiger partial charge is 0.481 e. The smallest absolute Gasteiger partial charge is 0.311 e. The number of halogens is 1. The number of nitrogens with two attached hydrogens (primary N) is 1. The minimum absolute atomic E-state index is 0.181. The van der Waals surface area contributed by atoms with E-state index < -0.39 is 17.3 Å². The molecule has 0 unspecified atom stereocenters. The van der Waals surface area contributed by atoms with Gasteiger partial charge in [0.25, 0.3) is 5.91 Å². The molecule has 1 amide bonds. The number of rotatable bonds is 7. The van der Waals surface area contributed by atoms with Crippen LogP contribution in [0, 0.1) is 5.41 Å². The lowest BCUT2D eigenvalue weighted by Crippen LogP contribution is -2.37. The molecule has 0 radical (unpaired) electrons. The summed E-state index contributed by atoms with van der Waals surface area (Å²) >= 11 is 5.95. The Morgan fingerprint density at radius 1 is 1.35 bits per heavy atom. The summed E-state index contributed by atoms with van der Waals surface area (Å²) in [5, 5.41) is 12.6. The highest BCUT2D eigenvalue weighted by atomic mass is 35.5. The van der Waals surface area contributed by atoms with E-state index in [0.717, 1.165) is 0 Å². The maximum absolute atomic E-state index is 11.4. The summed E-state index contributed by atoms with van der Waals surface area (Å²) in [6.07, 6.45) is 0.969. The van der Waals surface area contributed by atoms with Gasteiger partial charge < -0.3 is 16.2 Å². The van der Waals surface area contributed by atoms with Gasteiger partial charge in [0.2, 0.25) is 0 Å². The van der Waals surface area contributed by atoms with Gasteiger partial charge in [0, 0.05) is 12.2 Å². The molecule has 1 aromatic carbocycles. The molecule has 0 saturated carbocycles. The Morgan fingerprint density at radius 2 is 1.95 bits per heavy atom. The van der Waals surface area contributed by atoms with Crippen molar-refractivity contribution in [2.45, 2.75) is 26.7 Å².